The Kier molecular flexibility index (Phi) is 8.75. The van der Waals surface area contributed by atoms with E-state index >= 15 is 0 Å². The summed E-state index contributed by atoms with van der Waals surface area (Å²) >= 11 is 1.76. The first-order valence-corrected chi connectivity index (χ1v) is 14.7. The zero-order valence-electron chi connectivity index (χ0n) is 24.4. The summed E-state index contributed by atoms with van der Waals surface area (Å²) in [5.74, 6) is 0. The molecule has 3 nitrogen and oxygen atoms in total. The molecular weight excluding hydrogens is 713 g/mol. The van der Waals surface area contributed by atoms with Gasteiger partial charge in [-0.3, -0.25) is 0 Å². The van der Waals surface area contributed by atoms with Gasteiger partial charge < -0.3 is 14.4 Å². The quantitative estimate of drug-likeness (QED) is 0.169. The number of fused-ring (bicyclic) bond motifs is 4. The van der Waals surface area contributed by atoms with Gasteiger partial charge in [0.25, 0.3) is 0 Å². The Morgan fingerprint density at radius 2 is 1.67 bits per heavy atom. The molecule has 0 aliphatic rings. The number of aromatic nitrogens is 2. The number of hydrogen-bond donors (Lipinski definition) is 0. The molecule has 0 aliphatic heterocycles. The van der Waals surface area contributed by atoms with Gasteiger partial charge in [0.05, 0.1) is 5.58 Å². The summed E-state index contributed by atoms with van der Waals surface area (Å²) in [6, 6.07) is 31.2. The molecule has 0 N–H and O–H groups in total. The van der Waals surface area contributed by atoms with Gasteiger partial charge in [-0.05, 0) is 77.2 Å². The van der Waals surface area contributed by atoms with Crippen LogP contribution < -0.4 is 0 Å². The first-order valence-electron chi connectivity index (χ1n) is 13.8. The van der Waals surface area contributed by atoms with Crippen LogP contribution in [0, 0.1) is 31.4 Å². The number of benzene rings is 3. The maximum Gasteiger partial charge on any atom is 0.121 e. The van der Waals surface area contributed by atoms with Crippen molar-refractivity contribution in [2.45, 2.75) is 41.0 Å². The zero-order valence-corrected chi connectivity index (χ0v) is 27.6. The van der Waals surface area contributed by atoms with Crippen molar-refractivity contribution in [3.05, 3.63) is 119 Å². The summed E-state index contributed by atoms with van der Waals surface area (Å²) in [6.45, 7) is 11.0. The molecule has 1 radical (unpaired) electrons. The summed E-state index contributed by atoms with van der Waals surface area (Å²) in [6.07, 6.45) is 4.86. The first-order chi connectivity index (χ1) is 19.7. The van der Waals surface area contributed by atoms with Gasteiger partial charge in [-0.25, -0.2) is 0 Å². The fourth-order valence-electron chi connectivity index (χ4n) is 5.03. The predicted octanol–water partition coefficient (Wildman–Crippen LogP) is 10.4. The van der Waals surface area contributed by atoms with Gasteiger partial charge in [-0.2, -0.15) is 0 Å². The van der Waals surface area contributed by atoms with E-state index in [-0.39, 0.29) is 25.5 Å². The van der Waals surface area contributed by atoms with Crippen LogP contribution in [-0.2, 0) is 26.5 Å². The van der Waals surface area contributed by atoms with E-state index in [2.05, 4.69) is 86.6 Å². The third kappa shape index (κ3) is 6.39. The normalized spacial score (nSPS) is 11.4. The van der Waals surface area contributed by atoms with Crippen LogP contribution in [0.15, 0.2) is 95.0 Å². The number of rotatable bonds is 3. The second-order valence-corrected chi connectivity index (χ2v) is 12.7. The maximum atomic E-state index is 6.32. The predicted molar refractivity (Wildman–Crippen MR) is 172 cm³/mol. The summed E-state index contributed by atoms with van der Waals surface area (Å²) < 4.78 is 7.60. The van der Waals surface area contributed by atoms with Gasteiger partial charge in [-0.15, -0.1) is 65.4 Å². The molecule has 0 bridgehead atoms. The molecule has 0 aliphatic carbocycles. The average molecular weight is 745 g/mol. The Hall–Kier alpha value is -3.63. The fraction of sp³-hybridized carbons (Fsp3) is 0.189. The second-order valence-electron chi connectivity index (χ2n) is 11.7. The van der Waals surface area contributed by atoms with Crippen LogP contribution in [0.5, 0.6) is 0 Å². The molecule has 213 valence electrons. The topological polar surface area (TPSA) is 38.9 Å². The zero-order chi connectivity index (χ0) is 28.6. The van der Waals surface area contributed by atoms with Gasteiger partial charge in [0.15, 0.2) is 0 Å². The van der Waals surface area contributed by atoms with Crippen LogP contribution in [0.4, 0.5) is 0 Å². The van der Waals surface area contributed by atoms with Gasteiger partial charge in [0.2, 0.25) is 0 Å². The molecule has 4 heterocycles. The molecular formula is C37H32IrN2OS-2. The van der Waals surface area contributed by atoms with Crippen molar-refractivity contribution in [2.24, 2.45) is 5.41 Å². The maximum absolute atomic E-state index is 6.32. The molecule has 0 fully saturated rings. The van der Waals surface area contributed by atoms with E-state index in [0.29, 0.717) is 0 Å². The molecule has 7 rings (SSSR count). The summed E-state index contributed by atoms with van der Waals surface area (Å²) in [7, 11) is 0. The molecule has 4 aromatic heterocycles. The van der Waals surface area contributed by atoms with Crippen LogP contribution in [-0.4, -0.2) is 9.97 Å². The van der Waals surface area contributed by atoms with Gasteiger partial charge in [-0.1, -0.05) is 55.5 Å². The van der Waals surface area contributed by atoms with E-state index in [1.54, 1.807) is 11.3 Å². The smallest absolute Gasteiger partial charge is 0.121 e. The van der Waals surface area contributed by atoms with Crippen molar-refractivity contribution in [1.29, 1.82) is 0 Å². The van der Waals surface area contributed by atoms with E-state index in [1.165, 1.54) is 26.8 Å². The van der Waals surface area contributed by atoms with Crippen molar-refractivity contribution in [2.75, 3.05) is 0 Å². The van der Waals surface area contributed by atoms with E-state index in [4.69, 9.17) is 9.40 Å². The van der Waals surface area contributed by atoms with Crippen LogP contribution in [0.25, 0.3) is 54.5 Å². The Morgan fingerprint density at radius 3 is 2.40 bits per heavy atom. The Bertz CT molecular complexity index is 1970. The number of hydrogen-bond acceptors (Lipinski definition) is 4. The third-order valence-corrected chi connectivity index (χ3v) is 7.97. The van der Waals surface area contributed by atoms with Crippen molar-refractivity contribution in [3.8, 4) is 22.5 Å². The first kappa shape index (κ1) is 29.8. The summed E-state index contributed by atoms with van der Waals surface area (Å²) in [5, 5.41) is 5.63. The molecule has 0 amide bonds. The number of furan rings is 1. The largest absolute Gasteiger partial charge is 0.501 e. The number of nitrogens with zero attached hydrogens (tertiary/aromatic N) is 2. The minimum atomic E-state index is 0. The number of aryl methyl sites for hydroxylation is 2. The van der Waals surface area contributed by atoms with E-state index in [1.807, 2.05) is 55.7 Å². The fourth-order valence-corrected chi connectivity index (χ4v) is 5.84. The molecule has 0 saturated carbocycles. The minimum absolute atomic E-state index is 0. The van der Waals surface area contributed by atoms with Crippen LogP contribution in [0.3, 0.4) is 0 Å². The standard InChI is InChI=1S/C25H22NOS.C12H10N.Ir/c1-15-14-26-21(10-17(15)13-25(2,3)4)19-7-5-6-18-20-12-23-16(8-9-28-23)11-22(20)27-24(18)19;1-10-7-8-12(13-9-10)11-5-3-2-4-6-11;/h5-6,8-12,14H,13H2,1-4H3;2-5,7-9H,1H3;/q2*-1;. The second kappa shape index (κ2) is 12.3. The minimum Gasteiger partial charge on any atom is -0.501 e. The summed E-state index contributed by atoms with van der Waals surface area (Å²) in [4.78, 5) is 9.03. The van der Waals surface area contributed by atoms with Crippen molar-refractivity contribution in [3.63, 3.8) is 0 Å². The molecule has 0 unspecified atom stereocenters. The van der Waals surface area contributed by atoms with Gasteiger partial charge >= 0.3 is 0 Å². The molecule has 42 heavy (non-hydrogen) atoms. The monoisotopic (exact) mass is 745 g/mol. The Morgan fingerprint density at radius 1 is 0.833 bits per heavy atom. The van der Waals surface area contributed by atoms with Gasteiger partial charge in [0.1, 0.15) is 5.58 Å². The van der Waals surface area contributed by atoms with Crippen molar-refractivity contribution < 1.29 is 24.5 Å². The SMILES string of the molecule is Cc1ccc(-c2[c-]cccc2)nc1.Cc1cnc(-c2[c-]ccc3c2oc2cc4ccsc4cc23)cc1CC(C)(C)C.[Ir]. The van der Waals surface area contributed by atoms with Crippen molar-refractivity contribution in [1.82, 2.24) is 9.97 Å². The Labute approximate surface area is 265 Å². The molecule has 3 aromatic carbocycles. The average Bonchev–Trinajstić information content (AvgIpc) is 3.57. The molecule has 5 heteroatoms. The van der Waals surface area contributed by atoms with Crippen LogP contribution >= 0.6 is 11.3 Å². The molecule has 0 saturated heterocycles. The van der Waals surface area contributed by atoms with E-state index < -0.39 is 0 Å². The third-order valence-electron chi connectivity index (χ3n) is 7.09. The van der Waals surface area contributed by atoms with Crippen LogP contribution in [0.1, 0.15) is 37.5 Å². The van der Waals surface area contributed by atoms with Crippen LogP contribution in [0.2, 0.25) is 0 Å². The summed E-state index contributed by atoms with van der Waals surface area (Å²) in [5.41, 5.74) is 9.65. The Balaban J connectivity index is 0.000000212. The van der Waals surface area contributed by atoms with E-state index in [9.17, 15) is 0 Å². The van der Waals surface area contributed by atoms with Crippen molar-refractivity contribution >= 4 is 43.4 Å². The van der Waals surface area contributed by atoms with E-state index in [0.717, 1.165) is 50.9 Å². The number of pyridine rings is 2. The molecule has 0 spiro atoms. The molecule has 7 aromatic rings. The van der Waals surface area contributed by atoms with Gasteiger partial charge in [0, 0.05) is 42.6 Å². The number of thiophene rings is 1. The molecule has 0 atom stereocenters.